The average Bonchev–Trinajstić information content (AvgIpc) is 2.71. The Labute approximate surface area is 78.4 Å². The molecule has 13 heavy (non-hydrogen) atoms. The lowest BCUT2D eigenvalue weighted by Crippen LogP contribution is -2.00. The van der Waals surface area contributed by atoms with Gasteiger partial charge in [0.25, 0.3) is 0 Å². The molecule has 2 rings (SSSR count). The normalized spacial score (nSPS) is 10.2. The summed E-state index contributed by atoms with van der Waals surface area (Å²) in [5.41, 5.74) is 5.35. The van der Waals surface area contributed by atoms with Crippen molar-refractivity contribution >= 4 is 22.6 Å². The summed E-state index contributed by atoms with van der Waals surface area (Å²) < 4.78 is 3.83. The molecule has 0 aromatic carbocycles. The summed E-state index contributed by atoms with van der Waals surface area (Å²) in [7, 11) is 0. The molecule has 0 radical (unpaired) electrons. The van der Waals surface area contributed by atoms with Crippen molar-refractivity contribution in [2.75, 3.05) is 11.1 Å². The summed E-state index contributed by atoms with van der Waals surface area (Å²) in [6.07, 6.45) is 3.47. The van der Waals surface area contributed by atoms with Gasteiger partial charge in [-0.1, -0.05) is 0 Å². The quantitative estimate of drug-likeness (QED) is 0.663. The predicted molar refractivity (Wildman–Crippen MR) is 50.2 cm³/mol. The van der Waals surface area contributed by atoms with Gasteiger partial charge < -0.3 is 16.0 Å². The maximum atomic E-state index is 5.35. The first-order valence-corrected chi connectivity index (χ1v) is 4.43. The van der Waals surface area contributed by atoms with Crippen LogP contribution < -0.4 is 11.1 Å². The van der Waals surface area contributed by atoms with Gasteiger partial charge in [0.05, 0.1) is 6.54 Å². The third kappa shape index (κ3) is 1.94. The summed E-state index contributed by atoms with van der Waals surface area (Å²) in [4.78, 5) is 11.0. The zero-order chi connectivity index (χ0) is 9.10. The minimum Gasteiger partial charge on any atom is -0.367 e. The number of hydrogen-bond donors (Lipinski definition) is 3. The van der Waals surface area contributed by atoms with Crippen molar-refractivity contribution in [3.8, 4) is 0 Å². The molecule has 0 fully saturated rings. The zero-order valence-electron chi connectivity index (χ0n) is 6.69. The summed E-state index contributed by atoms with van der Waals surface area (Å²) in [5, 5.41) is 3.74. The number of anilines is 2. The Balaban J connectivity index is 1.93. The number of nitrogens with one attached hydrogen (secondary N) is 2. The Bertz CT molecular complexity index is 366. The van der Waals surface area contributed by atoms with E-state index < -0.39 is 0 Å². The van der Waals surface area contributed by atoms with E-state index in [1.807, 2.05) is 0 Å². The largest absolute Gasteiger partial charge is 0.367 e. The molecule has 7 heteroatoms. The average molecular weight is 196 g/mol. The van der Waals surface area contributed by atoms with Crippen molar-refractivity contribution in [1.29, 1.82) is 0 Å². The van der Waals surface area contributed by atoms with Crippen molar-refractivity contribution in [1.82, 2.24) is 19.3 Å². The number of nitrogen functional groups attached to an aromatic ring is 1. The molecule has 68 valence electrons. The lowest BCUT2D eigenvalue weighted by molar-refractivity contribution is 0.996. The Morgan fingerprint density at radius 3 is 3.15 bits per heavy atom. The maximum Gasteiger partial charge on any atom is 0.233 e. The van der Waals surface area contributed by atoms with Gasteiger partial charge in [-0.15, -0.1) is 0 Å². The molecule has 0 aliphatic heterocycles. The Morgan fingerprint density at radius 1 is 1.62 bits per heavy atom. The fourth-order valence-corrected chi connectivity index (χ4v) is 1.35. The number of hydrogen-bond acceptors (Lipinski definition) is 6. The fourth-order valence-electron chi connectivity index (χ4n) is 0.861. The first-order valence-electron chi connectivity index (χ1n) is 3.66. The number of nitrogens with two attached hydrogens (primary N) is 1. The van der Waals surface area contributed by atoms with Crippen LogP contribution in [-0.4, -0.2) is 19.3 Å². The second-order valence-electron chi connectivity index (χ2n) is 2.35. The van der Waals surface area contributed by atoms with Gasteiger partial charge in [-0.2, -0.15) is 9.36 Å². The Morgan fingerprint density at radius 2 is 2.54 bits per heavy atom. The minimum atomic E-state index is 0.298. The third-order valence-corrected chi connectivity index (χ3v) is 2.09. The van der Waals surface area contributed by atoms with Gasteiger partial charge >= 0.3 is 0 Å². The maximum absolute atomic E-state index is 5.35. The van der Waals surface area contributed by atoms with E-state index in [1.54, 1.807) is 12.4 Å². The van der Waals surface area contributed by atoms with Crippen molar-refractivity contribution in [2.24, 2.45) is 0 Å². The minimum absolute atomic E-state index is 0.298. The van der Waals surface area contributed by atoms with Crippen LogP contribution in [0, 0.1) is 0 Å². The topological polar surface area (TPSA) is 92.5 Å². The van der Waals surface area contributed by atoms with Crippen LogP contribution in [0.4, 0.5) is 11.1 Å². The number of nitrogens with zero attached hydrogens (tertiary/aromatic N) is 3. The van der Waals surface area contributed by atoms with E-state index in [4.69, 9.17) is 5.73 Å². The third-order valence-electron chi connectivity index (χ3n) is 1.40. The van der Waals surface area contributed by atoms with Crippen molar-refractivity contribution in [3.63, 3.8) is 0 Å². The van der Waals surface area contributed by atoms with Gasteiger partial charge in [-0.25, -0.2) is 4.98 Å². The smallest absolute Gasteiger partial charge is 0.233 e. The molecule has 0 unspecified atom stereocenters. The molecule has 2 aromatic rings. The highest BCUT2D eigenvalue weighted by Crippen LogP contribution is 2.11. The lowest BCUT2D eigenvalue weighted by atomic mass is 10.6. The van der Waals surface area contributed by atoms with Crippen LogP contribution in [0.1, 0.15) is 5.82 Å². The monoisotopic (exact) mass is 196 g/mol. The second-order valence-corrected chi connectivity index (χ2v) is 3.10. The molecule has 0 saturated heterocycles. The van der Waals surface area contributed by atoms with E-state index in [0.29, 0.717) is 17.6 Å². The summed E-state index contributed by atoms with van der Waals surface area (Å²) in [6.45, 7) is 0.599. The molecule has 0 amide bonds. The van der Waals surface area contributed by atoms with Gasteiger partial charge in [-0.3, -0.25) is 0 Å². The molecule has 0 aliphatic rings. The molecule has 0 atom stereocenters. The molecular weight excluding hydrogens is 188 g/mol. The van der Waals surface area contributed by atoms with Crippen LogP contribution >= 0.6 is 11.5 Å². The molecule has 0 spiro atoms. The molecule has 0 aliphatic carbocycles. The van der Waals surface area contributed by atoms with E-state index in [9.17, 15) is 0 Å². The predicted octanol–water partition coefficient (Wildman–Crippen LogP) is 0.455. The van der Waals surface area contributed by atoms with Gasteiger partial charge in [-0.05, 0) is 0 Å². The Hall–Kier alpha value is -1.63. The number of H-pyrrole nitrogens is 1. The highest BCUT2D eigenvalue weighted by molar-refractivity contribution is 7.09. The molecular formula is C6H8N6S. The Kier molecular flexibility index (Phi) is 2.09. The summed E-state index contributed by atoms with van der Waals surface area (Å²) >= 11 is 1.23. The summed E-state index contributed by atoms with van der Waals surface area (Å²) in [6, 6.07) is 0. The van der Waals surface area contributed by atoms with E-state index in [0.717, 1.165) is 5.82 Å². The highest BCUT2D eigenvalue weighted by atomic mass is 32.1. The van der Waals surface area contributed by atoms with Crippen LogP contribution in [-0.2, 0) is 6.54 Å². The highest BCUT2D eigenvalue weighted by Gasteiger charge is 2.00. The standard InChI is InChI=1S/C6H8N6S/c7-5-11-6(13-12-5)10-3-4-8-1-2-9-4/h1-2H,3H2,(H,8,9)(H3,7,10,11,12). The molecule has 0 bridgehead atoms. The van der Waals surface area contributed by atoms with Crippen molar-refractivity contribution in [2.45, 2.75) is 6.54 Å². The van der Waals surface area contributed by atoms with Crippen LogP contribution in [0.5, 0.6) is 0 Å². The SMILES string of the molecule is Nc1nsc(NCc2ncc[nH]2)n1. The molecule has 0 saturated carbocycles. The zero-order valence-corrected chi connectivity index (χ0v) is 7.51. The van der Waals surface area contributed by atoms with E-state index in [-0.39, 0.29) is 0 Å². The second kappa shape index (κ2) is 3.40. The number of aromatic amines is 1. The van der Waals surface area contributed by atoms with E-state index in [2.05, 4.69) is 24.6 Å². The number of rotatable bonds is 3. The molecule has 2 heterocycles. The van der Waals surface area contributed by atoms with Crippen LogP contribution in [0.25, 0.3) is 0 Å². The van der Waals surface area contributed by atoms with Crippen LogP contribution in [0.2, 0.25) is 0 Å². The molecule has 6 nitrogen and oxygen atoms in total. The van der Waals surface area contributed by atoms with Crippen molar-refractivity contribution in [3.05, 3.63) is 18.2 Å². The number of imidazole rings is 1. The van der Waals surface area contributed by atoms with Gasteiger partial charge in [0.1, 0.15) is 5.82 Å². The molecule has 2 aromatic heterocycles. The van der Waals surface area contributed by atoms with Gasteiger partial charge in [0, 0.05) is 23.9 Å². The molecule has 4 N–H and O–H groups in total. The van der Waals surface area contributed by atoms with Gasteiger partial charge in [0.2, 0.25) is 11.1 Å². The van der Waals surface area contributed by atoms with E-state index in [1.165, 1.54) is 11.5 Å². The van der Waals surface area contributed by atoms with Crippen molar-refractivity contribution < 1.29 is 0 Å². The lowest BCUT2D eigenvalue weighted by Gasteiger charge is -1.96. The first-order chi connectivity index (χ1) is 6.34. The van der Waals surface area contributed by atoms with Gasteiger partial charge in [0.15, 0.2) is 0 Å². The van der Waals surface area contributed by atoms with Crippen LogP contribution in [0.15, 0.2) is 12.4 Å². The number of aromatic nitrogens is 4. The first kappa shape index (κ1) is 7.99. The fraction of sp³-hybridized carbons (Fsp3) is 0.167. The van der Waals surface area contributed by atoms with Crippen LogP contribution in [0.3, 0.4) is 0 Å². The van der Waals surface area contributed by atoms with E-state index >= 15 is 0 Å². The summed E-state index contributed by atoms with van der Waals surface area (Å²) in [5.74, 6) is 1.15.